The third-order valence-electron chi connectivity index (χ3n) is 3.73. The van der Waals surface area contributed by atoms with Gasteiger partial charge in [0.15, 0.2) is 0 Å². The summed E-state index contributed by atoms with van der Waals surface area (Å²) in [5.41, 5.74) is 1.42. The topological polar surface area (TPSA) is 67.9 Å². The van der Waals surface area contributed by atoms with Crippen molar-refractivity contribution in [3.05, 3.63) is 60.2 Å². The molecule has 2 rings (SSSR count). The van der Waals surface area contributed by atoms with Crippen LogP contribution in [0.1, 0.15) is 12.5 Å². The molecule has 0 aliphatic rings. The minimum Gasteiger partial charge on any atom is -0.497 e. The van der Waals surface area contributed by atoms with E-state index in [1.807, 2.05) is 31.2 Å². The van der Waals surface area contributed by atoms with Crippen LogP contribution < -0.4 is 14.8 Å². The first-order chi connectivity index (χ1) is 13.0. The van der Waals surface area contributed by atoms with Crippen molar-refractivity contribution < 1.29 is 19.1 Å². The molecule has 0 atom stereocenters. The van der Waals surface area contributed by atoms with Gasteiger partial charge >= 0.3 is 0 Å². The lowest BCUT2D eigenvalue weighted by Gasteiger charge is -2.15. The molecule has 0 aliphatic heterocycles. The number of nitrogens with one attached hydrogen (secondary N) is 1. The minimum atomic E-state index is -0.290. The van der Waals surface area contributed by atoms with Crippen molar-refractivity contribution in [1.29, 1.82) is 0 Å². The molecular formula is C21H24N2O4. The molecule has 142 valence electrons. The van der Waals surface area contributed by atoms with E-state index in [0.717, 1.165) is 5.56 Å². The highest BCUT2D eigenvalue weighted by Crippen LogP contribution is 2.19. The lowest BCUT2D eigenvalue weighted by molar-refractivity contribution is -0.129. The van der Waals surface area contributed by atoms with Gasteiger partial charge in [-0.15, -0.1) is 0 Å². The van der Waals surface area contributed by atoms with Crippen molar-refractivity contribution in [2.45, 2.75) is 6.92 Å². The fraction of sp³-hybridized carbons (Fsp3) is 0.238. The summed E-state index contributed by atoms with van der Waals surface area (Å²) in [6, 6.07) is 14.5. The maximum absolute atomic E-state index is 12.3. The van der Waals surface area contributed by atoms with E-state index in [1.165, 1.54) is 11.0 Å². The molecule has 0 heterocycles. The van der Waals surface area contributed by atoms with Crippen LogP contribution >= 0.6 is 0 Å². The van der Waals surface area contributed by atoms with Crippen LogP contribution in [0.3, 0.4) is 0 Å². The molecule has 0 fully saturated rings. The van der Waals surface area contributed by atoms with Crippen molar-refractivity contribution in [3.63, 3.8) is 0 Å². The van der Waals surface area contributed by atoms with Crippen molar-refractivity contribution >= 4 is 23.6 Å². The van der Waals surface area contributed by atoms with E-state index in [-0.39, 0.29) is 18.4 Å². The molecule has 0 unspecified atom stereocenters. The highest BCUT2D eigenvalue weighted by molar-refractivity contribution is 5.98. The Kier molecular flexibility index (Phi) is 7.43. The molecule has 0 saturated heterocycles. The largest absolute Gasteiger partial charge is 0.497 e. The summed E-state index contributed by atoms with van der Waals surface area (Å²) in [4.78, 5) is 25.8. The summed E-state index contributed by atoms with van der Waals surface area (Å²) in [5.74, 6) is 0.792. The Balaban J connectivity index is 1.94. The predicted octanol–water partition coefficient (Wildman–Crippen LogP) is 3.20. The van der Waals surface area contributed by atoms with Gasteiger partial charge in [0.2, 0.25) is 11.8 Å². The second-order valence-electron chi connectivity index (χ2n) is 5.78. The fourth-order valence-electron chi connectivity index (χ4n) is 2.39. The number of rotatable bonds is 8. The SMILES string of the molecule is CCOc1ccccc1/C=C/C(=O)N(C)CC(=O)Nc1cccc(OC)c1. The molecule has 0 bridgehead atoms. The van der Waals surface area contributed by atoms with Crippen molar-refractivity contribution in [2.75, 3.05) is 32.6 Å². The number of amides is 2. The molecule has 0 aliphatic carbocycles. The van der Waals surface area contributed by atoms with Crippen LogP contribution in [0.2, 0.25) is 0 Å². The number of hydrogen-bond donors (Lipinski definition) is 1. The fourth-order valence-corrected chi connectivity index (χ4v) is 2.39. The van der Waals surface area contributed by atoms with Crippen LogP contribution in [0.25, 0.3) is 6.08 Å². The summed E-state index contributed by atoms with van der Waals surface area (Å²) >= 11 is 0. The van der Waals surface area contributed by atoms with Crippen LogP contribution in [0.15, 0.2) is 54.6 Å². The number of carbonyl (C=O) groups excluding carboxylic acids is 2. The van der Waals surface area contributed by atoms with E-state index in [1.54, 1.807) is 44.5 Å². The van der Waals surface area contributed by atoms with Gasteiger partial charge in [0.25, 0.3) is 0 Å². The molecular weight excluding hydrogens is 344 g/mol. The normalized spacial score (nSPS) is 10.5. The number of anilines is 1. The zero-order valence-electron chi connectivity index (χ0n) is 15.8. The zero-order valence-corrected chi connectivity index (χ0v) is 15.8. The first kappa shape index (κ1) is 20.0. The molecule has 0 spiro atoms. The van der Waals surface area contributed by atoms with E-state index >= 15 is 0 Å². The first-order valence-electron chi connectivity index (χ1n) is 8.62. The number of ether oxygens (including phenoxy) is 2. The second kappa shape index (κ2) is 10.0. The Labute approximate surface area is 159 Å². The van der Waals surface area contributed by atoms with Crippen LogP contribution in [-0.4, -0.2) is 44.0 Å². The van der Waals surface area contributed by atoms with Gasteiger partial charge in [0.1, 0.15) is 11.5 Å². The average molecular weight is 368 g/mol. The summed E-state index contributed by atoms with van der Waals surface area (Å²) in [7, 11) is 3.13. The highest BCUT2D eigenvalue weighted by atomic mass is 16.5. The molecule has 0 aromatic heterocycles. The van der Waals surface area contributed by atoms with E-state index in [9.17, 15) is 9.59 Å². The van der Waals surface area contributed by atoms with Gasteiger partial charge in [-0.25, -0.2) is 0 Å². The third-order valence-corrected chi connectivity index (χ3v) is 3.73. The Bertz CT molecular complexity index is 817. The molecule has 1 N–H and O–H groups in total. The van der Waals surface area contributed by atoms with E-state index in [2.05, 4.69) is 5.32 Å². The van der Waals surface area contributed by atoms with E-state index in [0.29, 0.717) is 23.8 Å². The summed E-state index contributed by atoms with van der Waals surface area (Å²) in [5, 5.41) is 2.75. The molecule has 27 heavy (non-hydrogen) atoms. The quantitative estimate of drug-likeness (QED) is 0.727. The molecule has 2 aromatic carbocycles. The average Bonchev–Trinajstić information content (AvgIpc) is 2.67. The van der Waals surface area contributed by atoms with Crippen LogP contribution in [-0.2, 0) is 9.59 Å². The van der Waals surface area contributed by atoms with Crippen molar-refractivity contribution in [3.8, 4) is 11.5 Å². The smallest absolute Gasteiger partial charge is 0.246 e. The maximum atomic E-state index is 12.3. The van der Waals surface area contributed by atoms with Gasteiger partial charge < -0.3 is 19.7 Å². The maximum Gasteiger partial charge on any atom is 0.246 e. The van der Waals surface area contributed by atoms with Gasteiger partial charge in [-0.3, -0.25) is 9.59 Å². The molecule has 2 amide bonds. The van der Waals surface area contributed by atoms with Gasteiger partial charge in [-0.05, 0) is 31.2 Å². The second-order valence-corrected chi connectivity index (χ2v) is 5.78. The van der Waals surface area contributed by atoms with E-state index < -0.39 is 0 Å². The number of likely N-dealkylation sites (N-methyl/N-ethyl adjacent to an activating group) is 1. The number of carbonyl (C=O) groups is 2. The monoisotopic (exact) mass is 368 g/mol. The Morgan fingerprint density at radius 3 is 2.67 bits per heavy atom. The van der Waals surface area contributed by atoms with Gasteiger partial charge in [-0.1, -0.05) is 24.3 Å². The van der Waals surface area contributed by atoms with Gasteiger partial charge in [0.05, 0.1) is 20.3 Å². The van der Waals surface area contributed by atoms with Gasteiger partial charge in [0, 0.05) is 30.4 Å². The van der Waals surface area contributed by atoms with Crippen LogP contribution in [0.5, 0.6) is 11.5 Å². The molecule has 0 saturated carbocycles. The highest BCUT2D eigenvalue weighted by Gasteiger charge is 2.11. The predicted molar refractivity (Wildman–Crippen MR) is 106 cm³/mol. The van der Waals surface area contributed by atoms with Crippen LogP contribution in [0, 0.1) is 0 Å². The Morgan fingerprint density at radius 1 is 1.15 bits per heavy atom. The number of benzene rings is 2. The van der Waals surface area contributed by atoms with Crippen molar-refractivity contribution in [2.24, 2.45) is 0 Å². The van der Waals surface area contributed by atoms with Gasteiger partial charge in [-0.2, -0.15) is 0 Å². The summed E-state index contributed by atoms with van der Waals surface area (Å²) in [6.45, 7) is 2.39. The molecule has 2 aromatic rings. The summed E-state index contributed by atoms with van der Waals surface area (Å²) in [6.07, 6.45) is 3.11. The lowest BCUT2D eigenvalue weighted by Crippen LogP contribution is -2.33. The Hall–Kier alpha value is -3.28. The number of hydrogen-bond acceptors (Lipinski definition) is 4. The standard InChI is InChI=1S/C21H24N2O4/c1-4-27-19-11-6-5-8-16(19)12-13-21(25)23(2)15-20(24)22-17-9-7-10-18(14-17)26-3/h5-14H,4,15H2,1-3H3,(H,22,24)/b13-12+. The number of para-hydroxylation sites is 1. The zero-order chi connectivity index (χ0) is 19.6. The third kappa shape index (κ3) is 6.18. The van der Waals surface area contributed by atoms with Crippen molar-refractivity contribution in [1.82, 2.24) is 4.90 Å². The number of methoxy groups -OCH3 is 1. The summed E-state index contributed by atoms with van der Waals surface area (Å²) < 4.78 is 10.7. The number of nitrogens with zero attached hydrogens (tertiary/aromatic N) is 1. The molecule has 6 nitrogen and oxygen atoms in total. The Morgan fingerprint density at radius 2 is 1.93 bits per heavy atom. The molecule has 6 heteroatoms. The lowest BCUT2D eigenvalue weighted by atomic mass is 10.2. The van der Waals surface area contributed by atoms with E-state index in [4.69, 9.17) is 9.47 Å². The molecule has 0 radical (unpaired) electrons. The first-order valence-corrected chi connectivity index (χ1v) is 8.62. The van der Waals surface area contributed by atoms with Crippen LogP contribution in [0.4, 0.5) is 5.69 Å². The minimum absolute atomic E-state index is 0.0620.